The maximum Gasteiger partial charge on any atom is 0.161 e. The molecule has 1 atom stereocenters. The first kappa shape index (κ1) is 13.8. The van der Waals surface area contributed by atoms with Gasteiger partial charge in [0.05, 0.1) is 12.7 Å². The summed E-state index contributed by atoms with van der Waals surface area (Å²) in [5, 5.41) is 9.74. The Morgan fingerprint density at radius 2 is 1.71 bits per heavy atom. The first-order valence-electron chi connectivity index (χ1n) is 6.16. The molecule has 1 unspecified atom stereocenters. The summed E-state index contributed by atoms with van der Waals surface area (Å²) >= 11 is 0. The number of ether oxygens (including phenoxy) is 2. The molecule has 1 aromatic rings. The summed E-state index contributed by atoms with van der Waals surface area (Å²) < 4.78 is 11.0. The van der Waals surface area contributed by atoms with E-state index in [0.29, 0.717) is 24.9 Å². The number of hydrogen-bond donors (Lipinski definition) is 1. The standard InChI is InChI=1S/C14H22O3/c1-4-16-13-7-5-6-8-14(13)17-10-12(15)9-11(2)3/h5-8,11-12,15H,4,9-10H2,1-3H3. The lowest BCUT2D eigenvalue weighted by molar-refractivity contribution is 0.0875. The molecular weight excluding hydrogens is 216 g/mol. The molecular formula is C14H22O3. The number of aliphatic hydroxyl groups is 1. The zero-order valence-corrected chi connectivity index (χ0v) is 10.8. The first-order chi connectivity index (χ1) is 8.13. The smallest absolute Gasteiger partial charge is 0.161 e. The van der Waals surface area contributed by atoms with E-state index in [1.54, 1.807) is 0 Å². The molecule has 0 aliphatic carbocycles. The zero-order chi connectivity index (χ0) is 12.7. The van der Waals surface area contributed by atoms with E-state index in [0.717, 1.165) is 12.2 Å². The fourth-order valence-electron chi connectivity index (χ4n) is 1.64. The molecule has 3 nitrogen and oxygen atoms in total. The van der Waals surface area contributed by atoms with Crippen molar-refractivity contribution in [3.05, 3.63) is 24.3 Å². The minimum absolute atomic E-state index is 0.308. The van der Waals surface area contributed by atoms with Gasteiger partial charge in [0.25, 0.3) is 0 Å². The Labute approximate surface area is 103 Å². The molecule has 0 radical (unpaired) electrons. The Kier molecular flexibility index (Phi) is 5.84. The number of rotatable bonds is 7. The lowest BCUT2D eigenvalue weighted by Gasteiger charge is -2.16. The summed E-state index contributed by atoms with van der Waals surface area (Å²) in [5.41, 5.74) is 0. The molecule has 0 saturated heterocycles. The summed E-state index contributed by atoms with van der Waals surface area (Å²) in [6.07, 6.45) is 0.321. The first-order valence-corrected chi connectivity index (χ1v) is 6.16. The van der Waals surface area contributed by atoms with E-state index in [-0.39, 0.29) is 0 Å². The quantitative estimate of drug-likeness (QED) is 0.794. The molecule has 1 rings (SSSR count). The van der Waals surface area contributed by atoms with Crippen molar-refractivity contribution >= 4 is 0 Å². The molecule has 3 heteroatoms. The van der Waals surface area contributed by atoms with E-state index in [1.165, 1.54) is 0 Å². The summed E-state index contributed by atoms with van der Waals surface area (Å²) in [5.74, 6) is 1.89. The van der Waals surface area contributed by atoms with Gasteiger partial charge in [0.15, 0.2) is 11.5 Å². The van der Waals surface area contributed by atoms with Crippen molar-refractivity contribution in [3.63, 3.8) is 0 Å². The van der Waals surface area contributed by atoms with Crippen molar-refractivity contribution in [1.29, 1.82) is 0 Å². The average molecular weight is 238 g/mol. The van der Waals surface area contributed by atoms with E-state index in [2.05, 4.69) is 13.8 Å². The Morgan fingerprint density at radius 3 is 2.24 bits per heavy atom. The molecule has 0 bridgehead atoms. The van der Waals surface area contributed by atoms with Gasteiger partial charge in [-0.1, -0.05) is 26.0 Å². The van der Waals surface area contributed by atoms with Crippen molar-refractivity contribution in [1.82, 2.24) is 0 Å². The molecule has 0 heterocycles. The predicted octanol–water partition coefficient (Wildman–Crippen LogP) is 2.87. The molecule has 0 aromatic heterocycles. The summed E-state index contributed by atoms with van der Waals surface area (Å²) in [6.45, 7) is 7.01. The van der Waals surface area contributed by atoms with Gasteiger partial charge in [0.1, 0.15) is 6.61 Å². The van der Waals surface area contributed by atoms with Crippen LogP contribution in [0.4, 0.5) is 0 Å². The average Bonchev–Trinajstić information content (AvgIpc) is 2.27. The van der Waals surface area contributed by atoms with Crippen molar-refractivity contribution in [2.75, 3.05) is 13.2 Å². The third-order valence-electron chi connectivity index (χ3n) is 2.32. The molecule has 0 aliphatic heterocycles. The van der Waals surface area contributed by atoms with Gasteiger partial charge in [-0.05, 0) is 31.4 Å². The molecule has 96 valence electrons. The zero-order valence-electron chi connectivity index (χ0n) is 10.8. The fourth-order valence-corrected chi connectivity index (χ4v) is 1.64. The number of hydrogen-bond acceptors (Lipinski definition) is 3. The summed E-state index contributed by atoms with van der Waals surface area (Å²) in [7, 11) is 0. The fraction of sp³-hybridized carbons (Fsp3) is 0.571. The van der Waals surface area contributed by atoms with Crippen LogP contribution in [0, 0.1) is 5.92 Å². The molecule has 0 saturated carbocycles. The van der Waals surface area contributed by atoms with Crippen LogP contribution in [0.15, 0.2) is 24.3 Å². The second-order valence-electron chi connectivity index (χ2n) is 4.47. The third kappa shape index (κ3) is 5.09. The van der Waals surface area contributed by atoms with Crippen molar-refractivity contribution in [3.8, 4) is 11.5 Å². The van der Waals surface area contributed by atoms with Gasteiger partial charge in [-0.2, -0.15) is 0 Å². The third-order valence-corrected chi connectivity index (χ3v) is 2.32. The molecule has 0 aliphatic rings. The SMILES string of the molecule is CCOc1ccccc1OCC(O)CC(C)C. The van der Waals surface area contributed by atoms with Gasteiger partial charge < -0.3 is 14.6 Å². The maximum absolute atomic E-state index is 9.74. The van der Waals surface area contributed by atoms with Crippen LogP contribution < -0.4 is 9.47 Å². The largest absolute Gasteiger partial charge is 0.490 e. The van der Waals surface area contributed by atoms with Crippen LogP contribution in [-0.4, -0.2) is 24.4 Å². The van der Waals surface area contributed by atoms with E-state index >= 15 is 0 Å². The van der Waals surface area contributed by atoms with Crippen LogP contribution in [0.2, 0.25) is 0 Å². The molecule has 0 amide bonds. The number of benzene rings is 1. The van der Waals surface area contributed by atoms with Crippen LogP contribution in [0.1, 0.15) is 27.2 Å². The van der Waals surface area contributed by atoms with E-state index in [9.17, 15) is 5.11 Å². The van der Waals surface area contributed by atoms with Crippen molar-refractivity contribution < 1.29 is 14.6 Å². The highest BCUT2D eigenvalue weighted by Gasteiger charge is 2.09. The van der Waals surface area contributed by atoms with E-state index in [1.807, 2.05) is 31.2 Å². The topological polar surface area (TPSA) is 38.7 Å². The molecule has 1 N–H and O–H groups in total. The normalized spacial score (nSPS) is 12.5. The monoisotopic (exact) mass is 238 g/mol. The van der Waals surface area contributed by atoms with Crippen LogP contribution in [-0.2, 0) is 0 Å². The lowest BCUT2D eigenvalue weighted by Crippen LogP contribution is -2.19. The van der Waals surface area contributed by atoms with Gasteiger partial charge in [0.2, 0.25) is 0 Å². The van der Waals surface area contributed by atoms with Gasteiger partial charge in [0, 0.05) is 0 Å². The van der Waals surface area contributed by atoms with Crippen molar-refractivity contribution in [2.24, 2.45) is 5.92 Å². The number of para-hydroxylation sites is 2. The highest BCUT2D eigenvalue weighted by Crippen LogP contribution is 2.26. The minimum Gasteiger partial charge on any atom is -0.490 e. The van der Waals surface area contributed by atoms with Gasteiger partial charge >= 0.3 is 0 Å². The van der Waals surface area contributed by atoms with Gasteiger partial charge in [-0.15, -0.1) is 0 Å². The Balaban J connectivity index is 2.50. The Morgan fingerprint density at radius 1 is 1.12 bits per heavy atom. The van der Waals surface area contributed by atoms with Crippen LogP contribution in [0.25, 0.3) is 0 Å². The highest BCUT2D eigenvalue weighted by atomic mass is 16.5. The maximum atomic E-state index is 9.74. The van der Waals surface area contributed by atoms with Crippen LogP contribution >= 0.6 is 0 Å². The van der Waals surface area contributed by atoms with Crippen molar-refractivity contribution in [2.45, 2.75) is 33.3 Å². The summed E-state index contributed by atoms with van der Waals surface area (Å²) in [6, 6.07) is 7.52. The van der Waals surface area contributed by atoms with Crippen LogP contribution in [0.5, 0.6) is 11.5 Å². The van der Waals surface area contributed by atoms with E-state index < -0.39 is 6.10 Å². The lowest BCUT2D eigenvalue weighted by atomic mass is 10.1. The second kappa shape index (κ2) is 7.17. The minimum atomic E-state index is -0.426. The molecule has 17 heavy (non-hydrogen) atoms. The predicted molar refractivity (Wildman–Crippen MR) is 68.6 cm³/mol. The van der Waals surface area contributed by atoms with Crippen LogP contribution in [0.3, 0.4) is 0 Å². The van der Waals surface area contributed by atoms with E-state index in [4.69, 9.17) is 9.47 Å². The molecule has 0 spiro atoms. The summed E-state index contributed by atoms with van der Waals surface area (Å²) in [4.78, 5) is 0. The number of aliphatic hydroxyl groups excluding tert-OH is 1. The molecule has 1 aromatic carbocycles. The second-order valence-corrected chi connectivity index (χ2v) is 4.47. The van der Waals surface area contributed by atoms with Gasteiger partial charge in [-0.25, -0.2) is 0 Å². The highest BCUT2D eigenvalue weighted by molar-refractivity contribution is 5.39. The Hall–Kier alpha value is -1.22. The molecule has 0 fully saturated rings. The Bertz CT molecular complexity index is 323. The van der Waals surface area contributed by atoms with Gasteiger partial charge in [-0.3, -0.25) is 0 Å².